The fourth-order valence-electron chi connectivity index (χ4n) is 0.925. The Hall–Kier alpha value is -1.07. The van der Waals surface area contributed by atoms with Crippen molar-refractivity contribution in [3.05, 3.63) is 12.0 Å². The van der Waals surface area contributed by atoms with Crippen molar-refractivity contribution in [3.8, 4) is 0 Å². The normalized spacial score (nSPS) is 11.0. The predicted octanol–water partition coefficient (Wildman–Crippen LogP) is 1.33. The van der Waals surface area contributed by atoms with Gasteiger partial charge in [-0.05, 0) is 13.8 Å². The Morgan fingerprint density at radius 1 is 1.46 bits per heavy atom. The lowest BCUT2D eigenvalue weighted by molar-refractivity contribution is -0.150. The highest BCUT2D eigenvalue weighted by molar-refractivity contribution is 5.11. The maximum atomic E-state index is 5.32. The van der Waals surface area contributed by atoms with Crippen LogP contribution in [0.1, 0.15) is 25.9 Å². The van der Waals surface area contributed by atoms with E-state index in [9.17, 15) is 0 Å². The summed E-state index contributed by atoms with van der Waals surface area (Å²) in [5, 5.41) is 0. The van der Waals surface area contributed by atoms with Crippen LogP contribution in [-0.2, 0) is 9.47 Å². The van der Waals surface area contributed by atoms with Crippen molar-refractivity contribution >= 4 is 6.01 Å². The Bertz CT molecular complexity index is 243. The van der Waals surface area contributed by atoms with Gasteiger partial charge in [0.05, 0.1) is 6.20 Å². The lowest BCUT2D eigenvalue weighted by atomic mass is 10.5. The molecular weight excluding hydrogens is 172 g/mol. The van der Waals surface area contributed by atoms with Gasteiger partial charge in [-0.2, -0.15) is 0 Å². The average molecular weight is 186 g/mol. The van der Waals surface area contributed by atoms with E-state index in [0.29, 0.717) is 19.0 Å². The summed E-state index contributed by atoms with van der Waals surface area (Å²) in [5.41, 5.74) is 5.32. The van der Waals surface area contributed by atoms with E-state index in [1.165, 1.54) is 6.20 Å². The summed E-state index contributed by atoms with van der Waals surface area (Å²) in [4.78, 5) is 3.75. The van der Waals surface area contributed by atoms with Crippen LogP contribution in [0.25, 0.3) is 0 Å². The van der Waals surface area contributed by atoms with E-state index in [2.05, 4.69) is 4.98 Å². The summed E-state index contributed by atoms with van der Waals surface area (Å²) in [5.74, 6) is 0.501. The van der Waals surface area contributed by atoms with Crippen LogP contribution in [0.4, 0.5) is 6.01 Å². The van der Waals surface area contributed by atoms with Gasteiger partial charge in [-0.25, -0.2) is 4.98 Å². The molecule has 2 N–H and O–H groups in total. The molecule has 0 unspecified atom stereocenters. The Labute approximate surface area is 76.8 Å². The molecule has 0 aromatic carbocycles. The van der Waals surface area contributed by atoms with Gasteiger partial charge in [0.1, 0.15) is 0 Å². The van der Waals surface area contributed by atoms with Crippen LogP contribution in [0.2, 0.25) is 0 Å². The second-order valence-corrected chi connectivity index (χ2v) is 2.34. The molecule has 0 aliphatic heterocycles. The van der Waals surface area contributed by atoms with Crippen molar-refractivity contribution < 1.29 is 13.9 Å². The van der Waals surface area contributed by atoms with Gasteiger partial charge < -0.3 is 19.6 Å². The largest absolute Gasteiger partial charge is 0.423 e. The summed E-state index contributed by atoms with van der Waals surface area (Å²) in [6.45, 7) is 4.86. The summed E-state index contributed by atoms with van der Waals surface area (Å²) < 4.78 is 15.6. The minimum absolute atomic E-state index is 0.124. The lowest BCUT2D eigenvalue weighted by Gasteiger charge is -2.13. The number of nitrogen functional groups attached to an aromatic ring is 1. The quantitative estimate of drug-likeness (QED) is 0.702. The summed E-state index contributed by atoms with van der Waals surface area (Å²) in [6, 6.07) is 0.124. The van der Waals surface area contributed by atoms with Crippen LogP contribution in [0.5, 0.6) is 0 Å². The van der Waals surface area contributed by atoms with Crippen molar-refractivity contribution in [1.29, 1.82) is 0 Å². The SMILES string of the molecule is CCOC(OCC)c1cnc(N)o1. The van der Waals surface area contributed by atoms with Crippen molar-refractivity contribution in [2.45, 2.75) is 20.1 Å². The van der Waals surface area contributed by atoms with E-state index in [0.717, 1.165) is 0 Å². The van der Waals surface area contributed by atoms with Gasteiger partial charge in [0.25, 0.3) is 6.01 Å². The average Bonchev–Trinajstić information content (AvgIpc) is 2.51. The molecule has 0 aliphatic carbocycles. The number of hydrogen-bond acceptors (Lipinski definition) is 5. The fourth-order valence-corrected chi connectivity index (χ4v) is 0.925. The van der Waals surface area contributed by atoms with Crippen molar-refractivity contribution in [3.63, 3.8) is 0 Å². The summed E-state index contributed by atoms with van der Waals surface area (Å²) in [6.07, 6.45) is 1.01. The van der Waals surface area contributed by atoms with Crippen molar-refractivity contribution in [1.82, 2.24) is 4.98 Å². The number of nitrogens with zero attached hydrogens (tertiary/aromatic N) is 1. The zero-order chi connectivity index (χ0) is 9.68. The van der Waals surface area contributed by atoms with Crippen LogP contribution >= 0.6 is 0 Å². The first-order chi connectivity index (χ1) is 6.27. The number of anilines is 1. The van der Waals surface area contributed by atoms with Crippen LogP contribution in [0.15, 0.2) is 10.6 Å². The molecule has 1 heterocycles. The molecule has 0 fully saturated rings. The molecule has 0 spiro atoms. The number of aromatic nitrogens is 1. The number of nitrogens with two attached hydrogens (primary N) is 1. The Morgan fingerprint density at radius 3 is 2.46 bits per heavy atom. The molecule has 0 bridgehead atoms. The first kappa shape index (κ1) is 10.0. The highest BCUT2D eigenvalue weighted by Crippen LogP contribution is 2.20. The monoisotopic (exact) mass is 186 g/mol. The molecule has 0 atom stereocenters. The predicted molar refractivity (Wildman–Crippen MR) is 46.9 cm³/mol. The molecule has 1 rings (SSSR count). The van der Waals surface area contributed by atoms with E-state index < -0.39 is 6.29 Å². The van der Waals surface area contributed by atoms with Gasteiger partial charge in [-0.3, -0.25) is 0 Å². The zero-order valence-electron chi connectivity index (χ0n) is 7.82. The van der Waals surface area contributed by atoms with Crippen LogP contribution in [-0.4, -0.2) is 18.2 Å². The number of hydrogen-bond donors (Lipinski definition) is 1. The zero-order valence-corrected chi connectivity index (χ0v) is 7.82. The first-order valence-electron chi connectivity index (χ1n) is 4.22. The van der Waals surface area contributed by atoms with Crippen LogP contribution < -0.4 is 5.73 Å². The van der Waals surface area contributed by atoms with Gasteiger partial charge in [-0.15, -0.1) is 0 Å². The van der Waals surface area contributed by atoms with Crippen molar-refractivity contribution in [2.75, 3.05) is 18.9 Å². The van der Waals surface area contributed by atoms with E-state index in [1.807, 2.05) is 13.8 Å². The van der Waals surface area contributed by atoms with E-state index >= 15 is 0 Å². The number of rotatable bonds is 5. The molecule has 0 saturated carbocycles. The first-order valence-corrected chi connectivity index (χ1v) is 4.22. The standard InChI is InChI=1S/C8H14N2O3/c1-3-11-7(12-4-2)6-5-10-8(9)13-6/h5,7H,3-4H2,1-2H3,(H2,9,10). The molecule has 74 valence electrons. The Kier molecular flexibility index (Phi) is 3.72. The molecule has 13 heavy (non-hydrogen) atoms. The van der Waals surface area contributed by atoms with Crippen molar-refractivity contribution in [2.24, 2.45) is 0 Å². The molecule has 0 amide bonds. The molecule has 5 heteroatoms. The maximum absolute atomic E-state index is 5.32. The third kappa shape index (κ3) is 2.71. The molecule has 5 nitrogen and oxygen atoms in total. The molecule has 1 aromatic heterocycles. The Balaban J connectivity index is 2.63. The number of ether oxygens (including phenoxy) is 2. The number of oxazole rings is 1. The fraction of sp³-hybridized carbons (Fsp3) is 0.625. The molecular formula is C8H14N2O3. The van der Waals surface area contributed by atoms with Gasteiger partial charge in [0.15, 0.2) is 5.76 Å². The van der Waals surface area contributed by atoms with Gasteiger partial charge in [0.2, 0.25) is 6.29 Å². The van der Waals surface area contributed by atoms with E-state index in [-0.39, 0.29) is 6.01 Å². The second kappa shape index (κ2) is 4.84. The maximum Gasteiger partial charge on any atom is 0.292 e. The molecule has 0 radical (unpaired) electrons. The van der Waals surface area contributed by atoms with Gasteiger partial charge in [0, 0.05) is 13.2 Å². The van der Waals surface area contributed by atoms with E-state index in [1.54, 1.807) is 0 Å². The second-order valence-electron chi connectivity index (χ2n) is 2.34. The van der Waals surface area contributed by atoms with Gasteiger partial charge in [-0.1, -0.05) is 0 Å². The van der Waals surface area contributed by atoms with Crippen LogP contribution in [0, 0.1) is 0 Å². The van der Waals surface area contributed by atoms with Gasteiger partial charge >= 0.3 is 0 Å². The summed E-state index contributed by atoms with van der Waals surface area (Å²) in [7, 11) is 0. The van der Waals surface area contributed by atoms with E-state index in [4.69, 9.17) is 19.6 Å². The minimum Gasteiger partial charge on any atom is -0.423 e. The third-order valence-electron chi connectivity index (χ3n) is 1.41. The topological polar surface area (TPSA) is 70.5 Å². The Morgan fingerprint density at radius 2 is 2.08 bits per heavy atom. The minimum atomic E-state index is -0.500. The molecule has 0 aliphatic rings. The summed E-state index contributed by atoms with van der Waals surface area (Å²) >= 11 is 0. The van der Waals surface area contributed by atoms with Crippen LogP contribution in [0.3, 0.4) is 0 Å². The molecule has 1 aromatic rings. The highest BCUT2D eigenvalue weighted by Gasteiger charge is 2.15. The molecule has 0 saturated heterocycles. The highest BCUT2D eigenvalue weighted by atomic mass is 16.7. The smallest absolute Gasteiger partial charge is 0.292 e. The lowest BCUT2D eigenvalue weighted by Crippen LogP contribution is -2.07. The third-order valence-corrected chi connectivity index (χ3v) is 1.41.